The first kappa shape index (κ1) is 20.4. The molecule has 0 N–H and O–H groups in total. The molecule has 0 bridgehead atoms. The van der Waals surface area contributed by atoms with Gasteiger partial charge < -0.3 is 9.47 Å². The monoisotopic (exact) mass is 409 g/mol. The van der Waals surface area contributed by atoms with Crippen molar-refractivity contribution in [3.63, 3.8) is 0 Å². The maximum Gasteiger partial charge on any atom is 0.573 e. The van der Waals surface area contributed by atoms with Crippen LogP contribution in [0.5, 0.6) is 17.2 Å². The number of pyridine rings is 1. The fraction of sp³-hybridized carbons (Fsp3) is 0.316. The Labute approximate surface area is 162 Å². The molecule has 1 aromatic carbocycles. The highest BCUT2D eigenvalue weighted by Gasteiger charge is 2.31. The van der Waals surface area contributed by atoms with E-state index in [1.807, 2.05) is 6.92 Å². The first-order valence-corrected chi connectivity index (χ1v) is 8.83. The summed E-state index contributed by atoms with van der Waals surface area (Å²) >= 11 is 0. The molecule has 3 aromatic rings. The van der Waals surface area contributed by atoms with Gasteiger partial charge in [-0.25, -0.2) is 9.78 Å². The molecule has 3 rings (SSSR count). The van der Waals surface area contributed by atoms with Crippen LogP contribution in [0.1, 0.15) is 19.8 Å². The standard InChI is InChI=1S/C19H18F3N3O4/c1-3-4-8-25-17(26)15-10-14(11-23-16(15)24(2)18(25)27)28-12-6-5-7-13(9-12)29-19(20,21)22/h5-7,9-11H,3-4,8H2,1-2H3. The quantitative estimate of drug-likeness (QED) is 0.622. The van der Waals surface area contributed by atoms with Crippen LogP contribution in [-0.4, -0.2) is 20.5 Å². The molecule has 7 nitrogen and oxygen atoms in total. The molecule has 0 saturated heterocycles. The van der Waals surface area contributed by atoms with E-state index < -0.39 is 23.4 Å². The molecule has 0 aliphatic rings. The second-order valence-corrected chi connectivity index (χ2v) is 6.32. The van der Waals surface area contributed by atoms with Gasteiger partial charge in [0.15, 0.2) is 0 Å². The highest BCUT2D eigenvalue weighted by Crippen LogP contribution is 2.29. The molecular weight excluding hydrogens is 391 g/mol. The molecule has 0 radical (unpaired) electrons. The fourth-order valence-electron chi connectivity index (χ4n) is 2.81. The first-order valence-electron chi connectivity index (χ1n) is 8.83. The highest BCUT2D eigenvalue weighted by molar-refractivity contribution is 5.75. The van der Waals surface area contributed by atoms with E-state index in [0.717, 1.165) is 23.1 Å². The summed E-state index contributed by atoms with van der Waals surface area (Å²) in [5.41, 5.74) is -0.771. The molecule has 154 valence electrons. The van der Waals surface area contributed by atoms with Crippen LogP contribution in [0, 0.1) is 0 Å². The molecule has 0 atom stereocenters. The third-order valence-electron chi connectivity index (χ3n) is 4.16. The molecule has 0 aliphatic carbocycles. The summed E-state index contributed by atoms with van der Waals surface area (Å²) in [6, 6.07) is 6.39. The number of ether oxygens (including phenoxy) is 2. The normalized spacial score (nSPS) is 11.6. The van der Waals surface area contributed by atoms with Crippen LogP contribution in [0.4, 0.5) is 13.2 Å². The van der Waals surface area contributed by atoms with E-state index in [1.165, 1.54) is 36.0 Å². The van der Waals surface area contributed by atoms with E-state index in [0.29, 0.717) is 6.42 Å². The van der Waals surface area contributed by atoms with Gasteiger partial charge in [0.2, 0.25) is 0 Å². The van der Waals surface area contributed by atoms with Gasteiger partial charge in [-0.05, 0) is 24.6 Å². The average Bonchev–Trinajstić information content (AvgIpc) is 2.65. The van der Waals surface area contributed by atoms with Crippen LogP contribution in [-0.2, 0) is 13.6 Å². The second-order valence-electron chi connectivity index (χ2n) is 6.32. The number of hydrogen-bond acceptors (Lipinski definition) is 5. The number of benzene rings is 1. The molecular formula is C19H18F3N3O4. The maximum atomic E-state index is 12.7. The maximum absolute atomic E-state index is 12.7. The Kier molecular flexibility index (Phi) is 5.62. The Morgan fingerprint density at radius 2 is 1.83 bits per heavy atom. The number of aryl methyl sites for hydroxylation is 1. The Morgan fingerprint density at radius 3 is 2.52 bits per heavy atom. The number of nitrogens with zero attached hydrogens (tertiary/aromatic N) is 3. The van der Waals surface area contributed by atoms with Gasteiger partial charge in [0, 0.05) is 19.7 Å². The predicted molar refractivity (Wildman–Crippen MR) is 99.4 cm³/mol. The van der Waals surface area contributed by atoms with Crippen molar-refractivity contribution in [2.45, 2.75) is 32.7 Å². The zero-order valence-corrected chi connectivity index (χ0v) is 15.7. The topological polar surface area (TPSA) is 75.3 Å². The van der Waals surface area contributed by atoms with Gasteiger partial charge in [0.25, 0.3) is 5.56 Å². The van der Waals surface area contributed by atoms with Gasteiger partial charge in [-0.1, -0.05) is 19.4 Å². The lowest BCUT2D eigenvalue weighted by Crippen LogP contribution is -2.39. The molecule has 2 aromatic heterocycles. The van der Waals surface area contributed by atoms with Gasteiger partial charge in [0.05, 0.1) is 11.6 Å². The van der Waals surface area contributed by atoms with Crippen molar-refractivity contribution in [3.05, 3.63) is 57.4 Å². The number of unbranched alkanes of at least 4 members (excludes halogenated alkanes) is 1. The van der Waals surface area contributed by atoms with Crippen LogP contribution >= 0.6 is 0 Å². The molecule has 0 fully saturated rings. The minimum atomic E-state index is -4.82. The van der Waals surface area contributed by atoms with Crippen molar-refractivity contribution < 1.29 is 22.6 Å². The summed E-state index contributed by atoms with van der Waals surface area (Å²) in [7, 11) is 1.51. The lowest BCUT2D eigenvalue weighted by atomic mass is 10.3. The largest absolute Gasteiger partial charge is 0.573 e. The van der Waals surface area contributed by atoms with E-state index in [-0.39, 0.29) is 29.1 Å². The van der Waals surface area contributed by atoms with E-state index in [9.17, 15) is 22.8 Å². The summed E-state index contributed by atoms with van der Waals surface area (Å²) in [6.07, 6.45) is -2.06. The lowest BCUT2D eigenvalue weighted by Gasteiger charge is -2.12. The van der Waals surface area contributed by atoms with Gasteiger partial charge in [0.1, 0.15) is 22.9 Å². The zero-order valence-electron chi connectivity index (χ0n) is 15.7. The van der Waals surface area contributed by atoms with Crippen LogP contribution in [0.3, 0.4) is 0 Å². The Hall–Kier alpha value is -3.30. The van der Waals surface area contributed by atoms with Crippen molar-refractivity contribution in [1.29, 1.82) is 0 Å². The van der Waals surface area contributed by atoms with E-state index in [4.69, 9.17) is 4.74 Å². The second kappa shape index (κ2) is 7.98. The van der Waals surface area contributed by atoms with Crippen molar-refractivity contribution in [3.8, 4) is 17.2 Å². The Morgan fingerprint density at radius 1 is 1.10 bits per heavy atom. The minimum Gasteiger partial charge on any atom is -0.456 e. The number of alkyl halides is 3. The molecule has 0 aliphatic heterocycles. The van der Waals surface area contributed by atoms with Crippen LogP contribution in [0.2, 0.25) is 0 Å². The molecule has 0 spiro atoms. The number of hydrogen-bond donors (Lipinski definition) is 0. The summed E-state index contributed by atoms with van der Waals surface area (Å²) < 4.78 is 48.9. The molecule has 2 heterocycles. The molecule has 29 heavy (non-hydrogen) atoms. The average molecular weight is 409 g/mol. The number of aromatic nitrogens is 3. The molecule has 0 unspecified atom stereocenters. The Bertz CT molecular complexity index is 1150. The van der Waals surface area contributed by atoms with Gasteiger partial charge in [-0.15, -0.1) is 13.2 Å². The van der Waals surface area contributed by atoms with Crippen molar-refractivity contribution in [1.82, 2.24) is 14.1 Å². The van der Waals surface area contributed by atoms with Crippen LogP contribution < -0.4 is 20.7 Å². The minimum absolute atomic E-state index is 0.0732. The highest BCUT2D eigenvalue weighted by atomic mass is 19.4. The fourth-order valence-corrected chi connectivity index (χ4v) is 2.81. The third-order valence-corrected chi connectivity index (χ3v) is 4.16. The third kappa shape index (κ3) is 4.58. The molecule has 0 amide bonds. The van der Waals surface area contributed by atoms with E-state index >= 15 is 0 Å². The first-order chi connectivity index (χ1) is 13.7. The number of fused-ring (bicyclic) bond motifs is 1. The SMILES string of the molecule is CCCCn1c(=O)c2cc(Oc3cccc(OC(F)(F)F)c3)cnc2n(C)c1=O. The Balaban J connectivity index is 1.99. The summed E-state index contributed by atoms with van der Waals surface area (Å²) in [5, 5.41) is 0.170. The summed E-state index contributed by atoms with van der Waals surface area (Å²) in [4.78, 5) is 29.2. The van der Waals surface area contributed by atoms with E-state index in [1.54, 1.807) is 0 Å². The van der Waals surface area contributed by atoms with Crippen molar-refractivity contribution >= 4 is 11.0 Å². The van der Waals surface area contributed by atoms with Crippen LogP contribution in [0.25, 0.3) is 11.0 Å². The zero-order chi connectivity index (χ0) is 21.2. The van der Waals surface area contributed by atoms with Crippen molar-refractivity contribution in [2.24, 2.45) is 7.05 Å². The van der Waals surface area contributed by atoms with Gasteiger partial charge in [-0.3, -0.25) is 13.9 Å². The lowest BCUT2D eigenvalue weighted by molar-refractivity contribution is -0.274. The number of halogens is 3. The van der Waals surface area contributed by atoms with Gasteiger partial charge in [-0.2, -0.15) is 0 Å². The predicted octanol–water partition coefficient (Wildman–Crippen LogP) is 3.59. The molecule has 10 heteroatoms. The van der Waals surface area contributed by atoms with Gasteiger partial charge >= 0.3 is 12.1 Å². The van der Waals surface area contributed by atoms with Crippen LogP contribution in [0.15, 0.2) is 46.1 Å². The summed E-state index contributed by atoms with van der Waals surface area (Å²) in [5.74, 6) is -0.225. The number of rotatable bonds is 6. The molecule has 0 saturated carbocycles. The van der Waals surface area contributed by atoms with E-state index in [2.05, 4.69) is 9.72 Å². The van der Waals surface area contributed by atoms with Crippen molar-refractivity contribution in [2.75, 3.05) is 0 Å². The smallest absolute Gasteiger partial charge is 0.456 e. The summed E-state index contributed by atoms with van der Waals surface area (Å²) in [6.45, 7) is 2.22.